The normalized spacial score (nSPS) is 11.2. The molecular formula is C20H26FN3O2. The lowest BCUT2D eigenvalue weighted by atomic mass is 10.1. The number of benzene rings is 2. The van der Waals surface area contributed by atoms with Gasteiger partial charge in [-0.25, -0.2) is 4.39 Å². The van der Waals surface area contributed by atoms with Gasteiger partial charge in [-0.15, -0.1) is 0 Å². The molecule has 0 atom stereocenters. The van der Waals surface area contributed by atoms with Crippen LogP contribution in [0.4, 0.5) is 4.39 Å². The van der Waals surface area contributed by atoms with Gasteiger partial charge in [-0.1, -0.05) is 18.2 Å². The van der Waals surface area contributed by atoms with E-state index < -0.39 is 0 Å². The maximum absolute atomic E-state index is 12.9. The van der Waals surface area contributed by atoms with Gasteiger partial charge in [0.25, 0.3) is 0 Å². The van der Waals surface area contributed by atoms with Crippen LogP contribution in [0.2, 0.25) is 0 Å². The Morgan fingerprint density at radius 3 is 2.31 bits per heavy atom. The van der Waals surface area contributed by atoms with Gasteiger partial charge < -0.3 is 20.1 Å². The molecule has 0 fully saturated rings. The summed E-state index contributed by atoms with van der Waals surface area (Å²) in [7, 11) is 5.00. The molecule has 140 valence electrons. The van der Waals surface area contributed by atoms with E-state index in [0.29, 0.717) is 6.54 Å². The molecule has 0 aliphatic carbocycles. The number of rotatable bonds is 8. The largest absolute Gasteiger partial charge is 0.493 e. The molecule has 0 saturated heterocycles. The first-order valence-corrected chi connectivity index (χ1v) is 8.56. The van der Waals surface area contributed by atoms with Gasteiger partial charge in [-0.05, 0) is 48.2 Å². The zero-order chi connectivity index (χ0) is 18.8. The first-order chi connectivity index (χ1) is 12.7. The van der Waals surface area contributed by atoms with Crippen LogP contribution in [0.3, 0.4) is 0 Å². The van der Waals surface area contributed by atoms with E-state index >= 15 is 0 Å². The highest BCUT2D eigenvalue weighted by Crippen LogP contribution is 2.27. The maximum atomic E-state index is 12.9. The summed E-state index contributed by atoms with van der Waals surface area (Å²) in [5.41, 5.74) is 2.19. The Labute approximate surface area is 154 Å². The summed E-state index contributed by atoms with van der Waals surface area (Å²) in [4.78, 5) is 4.20. The number of nitrogens with one attached hydrogen (secondary N) is 2. The highest BCUT2D eigenvalue weighted by Gasteiger charge is 2.05. The van der Waals surface area contributed by atoms with Crippen molar-refractivity contribution in [1.82, 2.24) is 10.6 Å². The van der Waals surface area contributed by atoms with Gasteiger partial charge in [-0.3, -0.25) is 4.99 Å². The van der Waals surface area contributed by atoms with Crippen LogP contribution in [0.15, 0.2) is 47.5 Å². The average molecular weight is 359 g/mol. The van der Waals surface area contributed by atoms with Crippen LogP contribution in [0.1, 0.15) is 17.5 Å². The lowest BCUT2D eigenvalue weighted by Gasteiger charge is -2.12. The highest BCUT2D eigenvalue weighted by atomic mass is 19.1. The SMILES string of the molecule is CN=C(NCCCc1ccc(OC)c(OC)c1)NCc1ccc(F)cc1. The van der Waals surface area contributed by atoms with E-state index in [2.05, 4.69) is 15.6 Å². The molecular weight excluding hydrogens is 333 g/mol. The summed E-state index contributed by atoms with van der Waals surface area (Å²) in [6, 6.07) is 12.4. The molecule has 0 heterocycles. The summed E-state index contributed by atoms with van der Waals surface area (Å²) in [5.74, 6) is 1.97. The third kappa shape index (κ3) is 5.95. The predicted octanol–water partition coefficient (Wildman–Crippen LogP) is 3.14. The van der Waals surface area contributed by atoms with Gasteiger partial charge >= 0.3 is 0 Å². The summed E-state index contributed by atoms with van der Waals surface area (Å²) < 4.78 is 23.5. The second kappa shape index (κ2) is 10.3. The van der Waals surface area contributed by atoms with E-state index in [4.69, 9.17) is 9.47 Å². The fraction of sp³-hybridized carbons (Fsp3) is 0.350. The van der Waals surface area contributed by atoms with Crippen molar-refractivity contribution in [3.8, 4) is 11.5 Å². The molecule has 6 heteroatoms. The highest BCUT2D eigenvalue weighted by molar-refractivity contribution is 5.79. The smallest absolute Gasteiger partial charge is 0.191 e. The van der Waals surface area contributed by atoms with Crippen LogP contribution in [-0.4, -0.2) is 33.8 Å². The van der Waals surface area contributed by atoms with E-state index in [1.165, 1.54) is 17.7 Å². The van der Waals surface area contributed by atoms with Crippen LogP contribution in [0, 0.1) is 5.82 Å². The number of guanidine groups is 1. The first-order valence-electron chi connectivity index (χ1n) is 8.56. The monoisotopic (exact) mass is 359 g/mol. The number of aryl methyl sites for hydroxylation is 1. The second-order valence-corrected chi connectivity index (χ2v) is 5.77. The van der Waals surface area contributed by atoms with Crippen molar-refractivity contribution in [2.45, 2.75) is 19.4 Å². The molecule has 26 heavy (non-hydrogen) atoms. The molecule has 5 nitrogen and oxygen atoms in total. The molecule has 2 aromatic rings. The fourth-order valence-electron chi connectivity index (χ4n) is 2.54. The van der Waals surface area contributed by atoms with Crippen LogP contribution >= 0.6 is 0 Å². The summed E-state index contributed by atoms with van der Waals surface area (Å²) in [6.45, 7) is 1.38. The lowest BCUT2D eigenvalue weighted by molar-refractivity contribution is 0.354. The van der Waals surface area contributed by atoms with Crippen LogP contribution < -0.4 is 20.1 Å². The van der Waals surface area contributed by atoms with Crippen molar-refractivity contribution in [3.05, 3.63) is 59.4 Å². The molecule has 0 amide bonds. The van der Waals surface area contributed by atoms with Crippen LogP contribution in [-0.2, 0) is 13.0 Å². The third-order valence-electron chi connectivity index (χ3n) is 3.98. The van der Waals surface area contributed by atoms with Gasteiger partial charge in [-0.2, -0.15) is 0 Å². The predicted molar refractivity (Wildman–Crippen MR) is 102 cm³/mol. The van der Waals surface area contributed by atoms with Crippen molar-refractivity contribution in [3.63, 3.8) is 0 Å². The van der Waals surface area contributed by atoms with Gasteiger partial charge in [0.2, 0.25) is 0 Å². The Kier molecular flexibility index (Phi) is 7.74. The fourth-order valence-corrected chi connectivity index (χ4v) is 2.54. The van der Waals surface area contributed by atoms with Gasteiger partial charge in [0, 0.05) is 20.1 Å². The topological polar surface area (TPSA) is 54.9 Å². The van der Waals surface area contributed by atoms with E-state index in [9.17, 15) is 4.39 Å². The Morgan fingerprint density at radius 2 is 1.65 bits per heavy atom. The van der Waals surface area contributed by atoms with Crippen LogP contribution in [0.25, 0.3) is 0 Å². The molecule has 0 aliphatic heterocycles. The van der Waals surface area contributed by atoms with Crippen molar-refractivity contribution in [2.24, 2.45) is 4.99 Å². The number of hydrogen-bond donors (Lipinski definition) is 2. The molecule has 2 rings (SSSR count). The lowest BCUT2D eigenvalue weighted by Crippen LogP contribution is -2.37. The van der Waals surface area contributed by atoms with Crippen molar-refractivity contribution < 1.29 is 13.9 Å². The molecule has 0 aliphatic rings. The van der Waals surface area contributed by atoms with Gasteiger partial charge in [0.15, 0.2) is 17.5 Å². The number of hydrogen-bond acceptors (Lipinski definition) is 3. The van der Waals surface area contributed by atoms with Gasteiger partial charge in [0.05, 0.1) is 14.2 Å². The van der Waals surface area contributed by atoms with Crippen molar-refractivity contribution >= 4 is 5.96 Å². The molecule has 0 aromatic heterocycles. The van der Waals surface area contributed by atoms with E-state index in [1.807, 2.05) is 18.2 Å². The Balaban J connectivity index is 1.74. The Hall–Kier alpha value is -2.76. The molecule has 2 N–H and O–H groups in total. The molecule has 0 spiro atoms. The quantitative estimate of drug-likeness (QED) is 0.432. The molecule has 0 bridgehead atoms. The minimum atomic E-state index is -0.230. The zero-order valence-electron chi connectivity index (χ0n) is 15.5. The van der Waals surface area contributed by atoms with Crippen LogP contribution in [0.5, 0.6) is 11.5 Å². The third-order valence-corrected chi connectivity index (χ3v) is 3.98. The minimum absolute atomic E-state index is 0.230. The second-order valence-electron chi connectivity index (χ2n) is 5.77. The molecule has 0 unspecified atom stereocenters. The molecule has 0 saturated carbocycles. The maximum Gasteiger partial charge on any atom is 0.191 e. The number of halogens is 1. The molecule has 0 radical (unpaired) electrons. The summed E-state index contributed by atoms with van der Waals surface area (Å²) in [5, 5.41) is 6.50. The van der Waals surface area contributed by atoms with E-state index in [-0.39, 0.29) is 5.82 Å². The Bertz CT molecular complexity index is 717. The Morgan fingerprint density at radius 1 is 0.962 bits per heavy atom. The van der Waals surface area contributed by atoms with Crippen molar-refractivity contribution in [2.75, 3.05) is 27.8 Å². The van der Waals surface area contributed by atoms with Crippen molar-refractivity contribution in [1.29, 1.82) is 0 Å². The van der Waals surface area contributed by atoms with E-state index in [0.717, 1.165) is 42.4 Å². The summed E-state index contributed by atoms with van der Waals surface area (Å²) in [6.07, 6.45) is 1.87. The number of nitrogens with zero attached hydrogens (tertiary/aromatic N) is 1. The minimum Gasteiger partial charge on any atom is -0.493 e. The first kappa shape index (κ1) is 19.6. The number of methoxy groups -OCH3 is 2. The average Bonchev–Trinajstić information content (AvgIpc) is 2.68. The number of aliphatic imine (C=N–C) groups is 1. The standard InChI is InChI=1S/C20H26FN3O2/c1-22-20(24-14-16-6-9-17(21)10-7-16)23-12-4-5-15-8-11-18(25-2)19(13-15)26-3/h6-11,13H,4-5,12,14H2,1-3H3,(H2,22,23,24). The molecule has 2 aromatic carbocycles. The zero-order valence-corrected chi connectivity index (χ0v) is 15.5. The van der Waals surface area contributed by atoms with E-state index in [1.54, 1.807) is 33.4 Å². The summed E-state index contributed by atoms with van der Waals surface area (Å²) >= 11 is 0. The van der Waals surface area contributed by atoms with Gasteiger partial charge in [0.1, 0.15) is 5.82 Å². The number of ether oxygens (including phenoxy) is 2.